The first kappa shape index (κ1) is 19.6. The normalized spacial score (nSPS) is 20.2. The van der Waals surface area contributed by atoms with Gasteiger partial charge in [-0.3, -0.25) is 9.59 Å². The second kappa shape index (κ2) is 9.23. The lowest BCUT2D eigenvalue weighted by atomic mass is 9.88. The molecule has 2 aromatic rings. The summed E-state index contributed by atoms with van der Waals surface area (Å²) in [5.41, 5.74) is 2.33. The highest BCUT2D eigenvalue weighted by Crippen LogP contribution is 2.29. The Hall–Kier alpha value is -2.66. The molecular weight excluding hydrogens is 362 g/mol. The topological polar surface area (TPSA) is 52.7 Å². The van der Waals surface area contributed by atoms with Gasteiger partial charge in [-0.05, 0) is 24.0 Å². The van der Waals surface area contributed by atoms with E-state index in [4.69, 9.17) is 0 Å². The molecule has 1 atom stereocenters. The lowest BCUT2D eigenvalue weighted by molar-refractivity contribution is -0.140. The summed E-state index contributed by atoms with van der Waals surface area (Å²) in [5.74, 6) is 0.378. The van der Waals surface area contributed by atoms with Gasteiger partial charge in [0.1, 0.15) is 0 Å². The van der Waals surface area contributed by atoms with Crippen LogP contribution in [0.5, 0.6) is 0 Å². The van der Waals surface area contributed by atoms with E-state index in [0.29, 0.717) is 19.5 Å². The number of rotatable bonds is 5. The molecule has 0 aromatic heterocycles. The van der Waals surface area contributed by atoms with Crippen LogP contribution in [0.25, 0.3) is 0 Å². The first-order chi connectivity index (χ1) is 14.2. The smallest absolute Gasteiger partial charge is 0.236 e. The lowest BCUT2D eigenvalue weighted by Crippen LogP contribution is -2.57. The molecule has 0 radical (unpaired) electrons. The van der Waals surface area contributed by atoms with Crippen LogP contribution in [0.2, 0.25) is 0 Å². The maximum Gasteiger partial charge on any atom is 0.236 e. The highest BCUT2D eigenvalue weighted by molar-refractivity contribution is 5.80. The minimum absolute atomic E-state index is 0.0473. The summed E-state index contributed by atoms with van der Waals surface area (Å²) in [4.78, 5) is 29.5. The molecule has 4 rings (SSSR count). The molecule has 29 heavy (non-hydrogen) atoms. The fourth-order valence-electron chi connectivity index (χ4n) is 4.55. The van der Waals surface area contributed by atoms with Crippen LogP contribution in [0.4, 0.5) is 0 Å². The molecule has 5 heteroatoms. The van der Waals surface area contributed by atoms with Crippen molar-refractivity contribution in [1.82, 2.24) is 15.1 Å². The number of piperazine rings is 1. The van der Waals surface area contributed by atoms with Crippen molar-refractivity contribution in [2.24, 2.45) is 0 Å². The van der Waals surface area contributed by atoms with Crippen LogP contribution in [0.1, 0.15) is 36.3 Å². The van der Waals surface area contributed by atoms with E-state index in [9.17, 15) is 9.59 Å². The predicted molar refractivity (Wildman–Crippen MR) is 114 cm³/mol. The Labute approximate surface area is 172 Å². The van der Waals surface area contributed by atoms with Gasteiger partial charge in [0.25, 0.3) is 0 Å². The summed E-state index contributed by atoms with van der Waals surface area (Å²) in [6.45, 7) is 3.42. The summed E-state index contributed by atoms with van der Waals surface area (Å²) < 4.78 is 0. The monoisotopic (exact) mass is 391 g/mol. The van der Waals surface area contributed by atoms with Gasteiger partial charge in [0.05, 0.1) is 6.54 Å². The first-order valence-corrected chi connectivity index (χ1v) is 10.6. The molecule has 0 bridgehead atoms. The van der Waals surface area contributed by atoms with Gasteiger partial charge < -0.3 is 15.1 Å². The summed E-state index contributed by atoms with van der Waals surface area (Å²) >= 11 is 0. The van der Waals surface area contributed by atoms with Gasteiger partial charge in [0.15, 0.2) is 0 Å². The average Bonchev–Trinajstić information content (AvgIpc) is 2.79. The second-order valence-corrected chi connectivity index (χ2v) is 7.98. The second-order valence-electron chi connectivity index (χ2n) is 7.98. The third kappa shape index (κ3) is 4.67. The van der Waals surface area contributed by atoms with E-state index in [1.54, 1.807) is 0 Å². The van der Waals surface area contributed by atoms with Crippen LogP contribution in [0.3, 0.4) is 0 Å². The van der Waals surface area contributed by atoms with Crippen molar-refractivity contribution >= 4 is 11.8 Å². The van der Waals surface area contributed by atoms with Gasteiger partial charge in [0, 0.05) is 44.6 Å². The fourth-order valence-corrected chi connectivity index (χ4v) is 4.55. The molecule has 2 heterocycles. The van der Waals surface area contributed by atoms with Crippen molar-refractivity contribution in [3.63, 3.8) is 0 Å². The summed E-state index contributed by atoms with van der Waals surface area (Å²) in [6, 6.07) is 20.7. The molecule has 2 amide bonds. The van der Waals surface area contributed by atoms with Gasteiger partial charge >= 0.3 is 0 Å². The van der Waals surface area contributed by atoms with E-state index in [1.807, 2.05) is 46.2 Å². The zero-order chi connectivity index (χ0) is 20.1. The molecule has 0 saturated carbocycles. The van der Waals surface area contributed by atoms with Crippen LogP contribution >= 0.6 is 0 Å². The standard InChI is InChI=1S/C24H29N3O2/c28-23(26-14-7-12-21(18-26)27-15-13-25-17-24(27)29)16-22(19-8-3-1-4-9-19)20-10-5-2-6-11-20/h1-6,8-11,21-22,25H,7,12-18H2. The van der Waals surface area contributed by atoms with Crippen LogP contribution in [0, 0.1) is 0 Å². The molecule has 0 spiro atoms. The Balaban J connectivity index is 1.48. The van der Waals surface area contributed by atoms with E-state index in [0.717, 1.165) is 43.6 Å². The molecule has 5 nitrogen and oxygen atoms in total. The Morgan fingerprint density at radius 3 is 2.28 bits per heavy atom. The SMILES string of the molecule is O=C(CC(c1ccccc1)c1ccccc1)N1CCCC(N2CCNCC2=O)C1. The molecule has 2 saturated heterocycles. The Morgan fingerprint density at radius 1 is 1.00 bits per heavy atom. The van der Waals surface area contributed by atoms with Crippen LogP contribution < -0.4 is 5.32 Å². The Bertz CT molecular complexity index is 785. The van der Waals surface area contributed by atoms with Gasteiger partial charge in [-0.15, -0.1) is 0 Å². The highest BCUT2D eigenvalue weighted by Gasteiger charge is 2.32. The van der Waals surface area contributed by atoms with E-state index in [2.05, 4.69) is 29.6 Å². The lowest BCUT2D eigenvalue weighted by Gasteiger charge is -2.41. The first-order valence-electron chi connectivity index (χ1n) is 10.6. The number of benzene rings is 2. The average molecular weight is 392 g/mol. The Kier molecular flexibility index (Phi) is 6.25. The number of amides is 2. The number of nitrogens with one attached hydrogen (secondary N) is 1. The summed E-state index contributed by atoms with van der Waals surface area (Å²) in [5, 5.41) is 3.13. The molecule has 2 fully saturated rings. The van der Waals surface area contributed by atoms with Gasteiger partial charge in [0.2, 0.25) is 11.8 Å². The zero-order valence-corrected chi connectivity index (χ0v) is 16.8. The predicted octanol–water partition coefficient (Wildman–Crippen LogP) is 2.63. The number of hydrogen-bond donors (Lipinski definition) is 1. The third-order valence-electron chi connectivity index (χ3n) is 6.10. The van der Waals surface area contributed by atoms with Crippen molar-refractivity contribution in [2.45, 2.75) is 31.2 Å². The summed E-state index contributed by atoms with van der Waals surface area (Å²) in [6.07, 6.45) is 2.39. The minimum Gasteiger partial charge on any atom is -0.341 e. The van der Waals surface area contributed by atoms with Crippen molar-refractivity contribution in [2.75, 3.05) is 32.7 Å². The summed E-state index contributed by atoms with van der Waals surface area (Å²) in [7, 11) is 0. The van der Waals surface area contributed by atoms with E-state index in [-0.39, 0.29) is 23.8 Å². The Morgan fingerprint density at radius 2 is 1.66 bits per heavy atom. The fraction of sp³-hybridized carbons (Fsp3) is 0.417. The molecule has 152 valence electrons. The van der Waals surface area contributed by atoms with E-state index < -0.39 is 0 Å². The zero-order valence-electron chi connectivity index (χ0n) is 16.8. The van der Waals surface area contributed by atoms with Crippen molar-refractivity contribution in [1.29, 1.82) is 0 Å². The highest BCUT2D eigenvalue weighted by atomic mass is 16.2. The molecule has 2 aliphatic heterocycles. The molecule has 1 N–H and O–H groups in total. The van der Waals surface area contributed by atoms with Crippen molar-refractivity contribution in [3.05, 3.63) is 71.8 Å². The number of piperidine rings is 1. The quantitative estimate of drug-likeness (QED) is 0.853. The molecule has 0 aliphatic carbocycles. The van der Waals surface area contributed by atoms with Crippen LogP contribution in [-0.2, 0) is 9.59 Å². The number of carbonyl (C=O) groups is 2. The molecular formula is C24H29N3O2. The largest absolute Gasteiger partial charge is 0.341 e. The van der Waals surface area contributed by atoms with Crippen molar-refractivity contribution in [3.8, 4) is 0 Å². The molecule has 2 aliphatic rings. The number of carbonyl (C=O) groups excluding carboxylic acids is 2. The third-order valence-corrected chi connectivity index (χ3v) is 6.10. The van der Waals surface area contributed by atoms with Crippen LogP contribution in [0.15, 0.2) is 60.7 Å². The number of hydrogen-bond acceptors (Lipinski definition) is 3. The van der Waals surface area contributed by atoms with Crippen LogP contribution in [-0.4, -0.2) is 60.4 Å². The van der Waals surface area contributed by atoms with Crippen molar-refractivity contribution < 1.29 is 9.59 Å². The molecule has 1 unspecified atom stereocenters. The van der Waals surface area contributed by atoms with E-state index in [1.165, 1.54) is 0 Å². The maximum atomic E-state index is 13.3. The minimum atomic E-state index is 0.0473. The van der Waals surface area contributed by atoms with Gasteiger partial charge in [-0.1, -0.05) is 60.7 Å². The number of nitrogens with zero attached hydrogens (tertiary/aromatic N) is 2. The number of likely N-dealkylation sites (tertiary alicyclic amines) is 1. The van der Waals surface area contributed by atoms with E-state index >= 15 is 0 Å². The molecule has 2 aromatic carbocycles. The van der Waals surface area contributed by atoms with Gasteiger partial charge in [-0.25, -0.2) is 0 Å². The maximum absolute atomic E-state index is 13.3. The van der Waals surface area contributed by atoms with Gasteiger partial charge in [-0.2, -0.15) is 0 Å².